The fourth-order valence-electron chi connectivity index (χ4n) is 3.81. The molecule has 2 amide bonds. The minimum Gasteiger partial charge on any atom is -0.394 e. The Labute approximate surface area is 201 Å². The molecule has 11 nitrogen and oxygen atoms in total. The zero-order valence-corrected chi connectivity index (χ0v) is 19.2. The molecule has 4 rings (SSSR count). The Morgan fingerprint density at radius 2 is 2.14 bits per heavy atom. The molecule has 1 aliphatic rings. The van der Waals surface area contributed by atoms with E-state index in [9.17, 15) is 18.0 Å². The van der Waals surface area contributed by atoms with E-state index in [-0.39, 0.29) is 39.2 Å². The zero-order valence-electron chi connectivity index (χ0n) is 18.5. The van der Waals surface area contributed by atoms with Gasteiger partial charge in [0.2, 0.25) is 0 Å². The number of aromatic nitrogens is 4. The van der Waals surface area contributed by atoms with Gasteiger partial charge in [0.1, 0.15) is 11.1 Å². The standard InChI is InChI=1S/C20H20ClF3N10O/c1-3-12-14(26)17-28-8-13-15(34(17)32-12)19(2,20(22,23)24)9-33(13)18(35)30-10-6-11(21)16(27-7-10)31-29-5-4-25/h4-8,25H,3,9,26H2,1-2H3,(H,27,31)(H,30,35)/b25-4?,29-5-/t19-/m1/s1. The molecule has 35 heavy (non-hydrogen) atoms. The highest BCUT2D eigenvalue weighted by Crippen LogP contribution is 2.50. The molecule has 1 aliphatic heterocycles. The third-order valence-corrected chi connectivity index (χ3v) is 5.93. The number of fused-ring (bicyclic) bond motifs is 3. The number of carbonyl (C=O) groups excluding carboxylic acids is 1. The zero-order chi connectivity index (χ0) is 25.5. The van der Waals surface area contributed by atoms with Crippen molar-refractivity contribution in [1.29, 1.82) is 5.41 Å². The predicted octanol–water partition coefficient (Wildman–Crippen LogP) is 3.84. The second-order valence-electron chi connectivity index (χ2n) is 7.90. The van der Waals surface area contributed by atoms with Crippen LogP contribution in [0.1, 0.15) is 25.2 Å². The molecule has 0 saturated carbocycles. The van der Waals surface area contributed by atoms with E-state index in [2.05, 4.69) is 30.9 Å². The van der Waals surface area contributed by atoms with Gasteiger partial charge in [0.25, 0.3) is 0 Å². The first-order valence-corrected chi connectivity index (χ1v) is 10.6. The molecule has 4 heterocycles. The summed E-state index contributed by atoms with van der Waals surface area (Å²) in [5.41, 5.74) is 6.72. The van der Waals surface area contributed by atoms with Crippen molar-refractivity contribution < 1.29 is 18.0 Å². The molecule has 1 atom stereocenters. The average Bonchev–Trinajstić information content (AvgIpc) is 3.30. The molecule has 0 fully saturated rings. The largest absolute Gasteiger partial charge is 0.401 e. The molecule has 0 aliphatic carbocycles. The summed E-state index contributed by atoms with van der Waals surface area (Å²) in [5.74, 6) is 0.161. The number of hydrazone groups is 1. The van der Waals surface area contributed by atoms with E-state index < -0.39 is 24.2 Å². The molecule has 5 N–H and O–H groups in total. The van der Waals surface area contributed by atoms with Gasteiger partial charge in [-0.3, -0.25) is 10.3 Å². The third-order valence-electron chi connectivity index (χ3n) is 5.64. The van der Waals surface area contributed by atoms with Crippen molar-refractivity contribution in [1.82, 2.24) is 19.6 Å². The first-order chi connectivity index (χ1) is 16.5. The lowest BCUT2D eigenvalue weighted by atomic mass is 9.87. The van der Waals surface area contributed by atoms with Gasteiger partial charge in [-0.1, -0.05) is 18.5 Å². The Kier molecular flexibility index (Phi) is 6.00. The van der Waals surface area contributed by atoms with Gasteiger partial charge in [0, 0.05) is 12.8 Å². The van der Waals surface area contributed by atoms with E-state index in [1.54, 1.807) is 6.92 Å². The summed E-state index contributed by atoms with van der Waals surface area (Å²) in [6, 6.07) is 0.522. The van der Waals surface area contributed by atoms with Gasteiger partial charge in [-0.25, -0.2) is 19.3 Å². The average molecular weight is 509 g/mol. The Bertz CT molecular complexity index is 1360. The summed E-state index contributed by atoms with van der Waals surface area (Å²) in [4.78, 5) is 22.2. The quantitative estimate of drug-likeness (QED) is 0.304. The van der Waals surface area contributed by atoms with E-state index in [4.69, 9.17) is 22.7 Å². The molecular formula is C20H20ClF3N10O. The number of urea groups is 1. The molecule has 0 unspecified atom stereocenters. The maximum absolute atomic E-state index is 14.3. The van der Waals surface area contributed by atoms with Crippen LogP contribution in [-0.2, 0) is 11.8 Å². The molecule has 0 aromatic carbocycles. The Morgan fingerprint density at radius 3 is 2.77 bits per heavy atom. The van der Waals surface area contributed by atoms with Crippen molar-refractivity contribution in [3.8, 4) is 0 Å². The van der Waals surface area contributed by atoms with E-state index in [0.29, 0.717) is 12.1 Å². The second kappa shape index (κ2) is 8.69. The van der Waals surface area contributed by atoms with Gasteiger partial charge in [0.15, 0.2) is 11.5 Å². The summed E-state index contributed by atoms with van der Waals surface area (Å²) in [7, 11) is 0. The van der Waals surface area contributed by atoms with E-state index in [0.717, 1.165) is 28.8 Å². The van der Waals surface area contributed by atoms with Crippen LogP contribution in [0.4, 0.5) is 40.8 Å². The molecule has 0 saturated heterocycles. The van der Waals surface area contributed by atoms with Gasteiger partial charge < -0.3 is 16.5 Å². The molecule has 3 aromatic heterocycles. The van der Waals surface area contributed by atoms with Crippen LogP contribution in [0.25, 0.3) is 5.65 Å². The SMILES string of the molecule is CCc1nn2c3c(cnc2c1N)N(C(=O)Nc1cnc(N/N=C\C=N)c(Cl)c1)C[C@@]3(C)C(F)(F)F. The highest BCUT2D eigenvalue weighted by molar-refractivity contribution is 6.33. The Hall–Kier alpha value is -3.94. The number of nitrogen functional groups attached to an aromatic ring is 1. The summed E-state index contributed by atoms with van der Waals surface area (Å²) in [5, 5.41) is 17.4. The van der Waals surface area contributed by atoms with Gasteiger partial charge in [-0.2, -0.15) is 23.4 Å². The third kappa shape index (κ3) is 3.99. The van der Waals surface area contributed by atoms with Crippen molar-refractivity contribution in [2.24, 2.45) is 5.10 Å². The monoisotopic (exact) mass is 508 g/mol. The van der Waals surface area contributed by atoms with Gasteiger partial charge in [-0.15, -0.1) is 0 Å². The second-order valence-corrected chi connectivity index (χ2v) is 8.31. The minimum absolute atomic E-state index is 0.0432. The highest BCUT2D eigenvalue weighted by Gasteiger charge is 2.60. The van der Waals surface area contributed by atoms with Crippen LogP contribution in [0, 0.1) is 5.41 Å². The summed E-state index contributed by atoms with van der Waals surface area (Å²) in [6.45, 7) is 2.09. The molecule has 184 valence electrons. The number of aryl methyl sites for hydroxylation is 1. The number of pyridine rings is 1. The molecule has 3 aromatic rings. The van der Waals surface area contributed by atoms with E-state index in [1.807, 2.05) is 0 Å². The van der Waals surface area contributed by atoms with Crippen LogP contribution in [-0.4, -0.2) is 50.8 Å². The lowest BCUT2D eigenvalue weighted by Crippen LogP contribution is -2.46. The summed E-state index contributed by atoms with van der Waals surface area (Å²) in [6.07, 6.45) is 0.266. The molecule has 0 radical (unpaired) electrons. The van der Waals surface area contributed by atoms with Crippen LogP contribution in [0.2, 0.25) is 5.02 Å². The molecule has 0 spiro atoms. The fourth-order valence-corrected chi connectivity index (χ4v) is 4.02. The van der Waals surface area contributed by atoms with Crippen LogP contribution < -0.4 is 21.4 Å². The maximum Gasteiger partial charge on any atom is 0.401 e. The number of anilines is 4. The maximum atomic E-state index is 14.3. The summed E-state index contributed by atoms with van der Waals surface area (Å²) >= 11 is 6.13. The van der Waals surface area contributed by atoms with E-state index >= 15 is 0 Å². The lowest BCUT2D eigenvalue weighted by Gasteiger charge is -2.28. The van der Waals surface area contributed by atoms with Crippen molar-refractivity contribution in [3.63, 3.8) is 0 Å². The number of nitrogens with two attached hydrogens (primary N) is 1. The molecular weight excluding hydrogens is 489 g/mol. The number of nitrogens with zero attached hydrogens (tertiary/aromatic N) is 6. The Balaban J connectivity index is 1.71. The number of nitrogens with one attached hydrogen (secondary N) is 3. The smallest absolute Gasteiger partial charge is 0.394 e. The first-order valence-electron chi connectivity index (χ1n) is 10.3. The number of halogens is 4. The normalized spacial score (nSPS) is 17.7. The highest BCUT2D eigenvalue weighted by atomic mass is 35.5. The van der Waals surface area contributed by atoms with Crippen LogP contribution >= 0.6 is 11.6 Å². The number of rotatable bonds is 5. The first kappa shape index (κ1) is 24.2. The molecule has 0 bridgehead atoms. The topological polar surface area (TPSA) is 150 Å². The lowest BCUT2D eigenvalue weighted by molar-refractivity contribution is -0.181. The number of carbonyl (C=O) groups is 1. The number of amides is 2. The van der Waals surface area contributed by atoms with Crippen molar-refractivity contribution in [3.05, 3.63) is 34.9 Å². The van der Waals surface area contributed by atoms with Gasteiger partial charge in [-0.05, 0) is 19.4 Å². The predicted molar refractivity (Wildman–Crippen MR) is 127 cm³/mol. The number of hydrogen-bond donors (Lipinski definition) is 4. The van der Waals surface area contributed by atoms with Crippen molar-refractivity contribution in [2.45, 2.75) is 31.9 Å². The van der Waals surface area contributed by atoms with Gasteiger partial charge >= 0.3 is 12.2 Å². The fraction of sp³-hybridized carbons (Fsp3) is 0.300. The molecule has 15 heteroatoms. The minimum atomic E-state index is -4.70. The summed E-state index contributed by atoms with van der Waals surface area (Å²) < 4.78 is 44.0. The van der Waals surface area contributed by atoms with Crippen LogP contribution in [0.15, 0.2) is 23.6 Å². The van der Waals surface area contributed by atoms with Crippen molar-refractivity contribution >= 4 is 58.6 Å². The van der Waals surface area contributed by atoms with Crippen LogP contribution in [0.3, 0.4) is 0 Å². The van der Waals surface area contributed by atoms with Crippen LogP contribution in [0.5, 0.6) is 0 Å². The number of hydrogen-bond acceptors (Lipinski definition) is 8. The Morgan fingerprint density at radius 1 is 1.40 bits per heavy atom. The van der Waals surface area contributed by atoms with Crippen molar-refractivity contribution in [2.75, 3.05) is 27.9 Å². The van der Waals surface area contributed by atoms with E-state index in [1.165, 1.54) is 18.5 Å². The number of alkyl halides is 3. The van der Waals surface area contributed by atoms with Gasteiger partial charge in [0.05, 0.1) is 46.4 Å².